The summed E-state index contributed by atoms with van der Waals surface area (Å²) in [6.45, 7) is 5.69. The van der Waals surface area contributed by atoms with E-state index in [1.807, 2.05) is 13.0 Å². The van der Waals surface area contributed by atoms with Gasteiger partial charge in [0.15, 0.2) is 0 Å². The molecule has 0 radical (unpaired) electrons. The minimum absolute atomic E-state index is 0.508. The number of aromatic nitrogens is 2. The van der Waals surface area contributed by atoms with Crippen molar-refractivity contribution in [2.24, 2.45) is 11.3 Å². The van der Waals surface area contributed by atoms with Crippen LogP contribution in [0.15, 0.2) is 6.07 Å². The maximum absolute atomic E-state index is 11.8. The van der Waals surface area contributed by atoms with Crippen molar-refractivity contribution in [3.8, 4) is 0 Å². The number of anilines is 1. The third-order valence-electron chi connectivity index (χ3n) is 5.24. The second kappa shape index (κ2) is 6.46. The van der Waals surface area contributed by atoms with Crippen LogP contribution in [-0.4, -0.2) is 34.1 Å². The molecule has 1 aromatic heterocycles. The van der Waals surface area contributed by atoms with E-state index >= 15 is 0 Å². The van der Waals surface area contributed by atoms with Crippen LogP contribution >= 0.6 is 0 Å². The fraction of sp³-hybridized carbons (Fsp3) is 0.722. The number of hydrogen-bond donors (Lipinski definition) is 1. The number of carboxylic acids is 1. The van der Waals surface area contributed by atoms with Gasteiger partial charge in [-0.25, -0.2) is 9.97 Å². The van der Waals surface area contributed by atoms with Crippen LogP contribution in [0, 0.1) is 18.3 Å². The van der Waals surface area contributed by atoms with Gasteiger partial charge in [-0.15, -0.1) is 0 Å². The first kappa shape index (κ1) is 16.2. The number of nitrogens with zero attached hydrogens (tertiary/aromatic N) is 3. The fourth-order valence-corrected chi connectivity index (χ4v) is 3.65. The number of hydrogen-bond acceptors (Lipinski definition) is 4. The Labute approximate surface area is 138 Å². The summed E-state index contributed by atoms with van der Waals surface area (Å²) >= 11 is 0. The summed E-state index contributed by atoms with van der Waals surface area (Å²) in [5.74, 6) is 1.91. The number of carbonyl (C=O) groups is 1. The zero-order valence-corrected chi connectivity index (χ0v) is 14.2. The maximum Gasteiger partial charge on any atom is 0.309 e. The average molecular weight is 317 g/mol. The van der Waals surface area contributed by atoms with E-state index in [9.17, 15) is 9.90 Å². The van der Waals surface area contributed by atoms with Crippen molar-refractivity contribution >= 4 is 11.8 Å². The number of carboxylic acid groups (broad SMARTS) is 1. The Morgan fingerprint density at radius 1 is 1.35 bits per heavy atom. The highest BCUT2D eigenvalue weighted by Gasteiger charge is 2.45. The van der Waals surface area contributed by atoms with Crippen LogP contribution < -0.4 is 4.90 Å². The van der Waals surface area contributed by atoms with Gasteiger partial charge in [0.2, 0.25) is 0 Å². The van der Waals surface area contributed by atoms with Gasteiger partial charge in [-0.05, 0) is 38.5 Å². The minimum Gasteiger partial charge on any atom is -0.481 e. The van der Waals surface area contributed by atoms with Crippen molar-refractivity contribution in [2.75, 3.05) is 18.0 Å². The second-order valence-corrected chi connectivity index (χ2v) is 7.25. The van der Waals surface area contributed by atoms with Gasteiger partial charge in [0, 0.05) is 31.3 Å². The van der Waals surface area contributed by atoms with Gasteiger partial charge in [-0.3, -0.25) is 4.79 Å². The molecule has 23 heavy (non-hydrogen) atoms. The summed E-state index contributed by atoms with van der Waals surface area (Å²) in [5, 5.41) is 9.74. The summed E-state index contributed by atoms with van der Waals surface area (Å²) in [6.07, 6.45) is 6.67. The van der Waals surface area contributed by atoms with E-state index in [2.05, 4.69) is 21.8 Å². The first-order chi connectivity index (χ1) is 11.0. The maximum atomic E-state index is 11.8. The van der Waals surface area contributed by atoms with Crippen molar-refractivity contribution in [3.05, 3.63) is 17.6 Å². The van der Waals surface area contributed by atoms with E-state index in [4.69, 9.17) is 0 Å². The Kier molecular flexibility index (Phi) is 4.55. The highest BCUT2D eigenvalue weighted by molar-refractivity contribution is 5.75. The predicted octanol–water partition coefficient (Wildman–Crippen LogP) is 3.21. The SMILES string of the molecule is CCCc1nc(C)cc(N2CCC(CC3CC3)(C(=O)O)CC2)n1. The van der Waals surface area contributed by atoms with Crippen molar-refractivity contribution in [1.82, 2.24) is 9.97 Å². The third kappa shape index (κ3) is 3.65. The Morgan fingerprint density at radius 2 is 2.04 bits per heavy atom. The molecule has 0 atom stereocenters. The zero-order chi connectivity index (χ0) is 16.4. The second-order valence-electron chi connectivity index (χ2n) is 7.25. The van der Waals surface area contributed by atoms with E-state index < -0.39 is 11.4 Å². The molecule has 0 amide bonds. The van der Waals surface area contributed by atoms with Gasteiger partial charge >= 0.3 is 5.97 Å². The topological polar surface area (TPSA) is 66.3 Å². The van der Waals surface area contributed by atoms with Gasteiger partial charge < -0.3 is 10.0 Å². The quantitative estimate of drug-likeness (QED) is 0.872. The smallest absolute Gasteiger partial charge is 0.309 e. The molecule has 1 N–H and O–H groups in total. The van der Waals surface area contributed by atoms with Gasteiger partial charge in [-0.2, -0.15) is 0 Å². The molecule has 0 spiro atoms. The zero-order valence-electron chi connectivity index (χ0n) is 14.2. The molecule has 0 bridgehead atoms. The minimum atomic E-state index is -0.602. The molecule has 1 aliphatic carbocycles. The molecule has 2 heterocycles. The Hall–Kier alpha value is -1.65. The van der Waals surface area contributed by atoms with Crippen molar-refractivity contribution < 1.29 is 9.90 Å². The largest absolute Gasteiger partial charge is 0.481 e. The van der Waals surface area contributed by atoms with E-state index in [1.54, 1.807) is 0 Å². The van der Waals surface area contributed by atoms with Crippen LogP contribution in [0.2, 0.25) is 0 Å². The van der Waals surface area contributed by atoms with Crippen molar-refractivity contribution in [2.45, 2.75) is 58.8 Å². The summed E-state index contributed by atoms with van der Waals surface area (Å²) in [7, 11) is 0. The lowest BCUT2D eigenvalue weighted by atomic mass is 9.74. The highest BCUT2D eigenvalue weighted by atomic mass is 16.4. The molecule has 0 unspecified atom stereocenters. The molecular weight excluding hydrogens is 290 g/mol. The number of aryl methyl sites for hydroxylation is 2. The highest BCUT2D eigenvalue weighted by Crippen LogP contribution is 2.46. The molecule has 0 aromatic carbocycles. The molecule has 3 rings (SSSR count). The Morgan fingerprint density at radius 3 is 2.61 bits per heavy atom. The van der Waals surface area contributed by atoms with Crippen molar-refractivity contribution in [3.63, 3.8) is 0 Å². The van der Waals surface area contributed by atoms with E-state index in [1.165, 1.54) is 12.8 Å². The summed E-state index contributed by atoms with van der Waals surface area (Å²) in [5.41, 5.74) is 0.484. The lowest BCUT2D eigenvalue weighted by Gasteiger charge is -2.39. The van der Waals surface area contributed by atoms with Gasteiger partial charge in [0.25, 0.3) is 0 Å². The predicted molar refractivity (Wildman–Crippen MR) is 89.6 cm³/mol. The molecule has 5 nitrogen and oxygen atoms in total. The molecule has 1 aromatic rings. The third-order valence-corrected chi connectivity index (χ3v) is 5.24. The van der Waals surface area contributed by atoms with Crippen LogP contribution in [0.5, 0.6) is 0 Å². The van der Waals surface area contributed by atoms with Crippen LogP contribution in [0.25, 0.3) is 0 Å². The monoisotopic (exact) mass is 317 g/mol. The lowest BCUT2D eigenvalue weighted by molar-refractivity contribution is -0.151. The summed E-state index contributed by atoms with van der Waals surface area (Å²) < 4.78 is 0. The standard InChI is InChI=1S/C18H27N3O2/c1-3-4-15-19-13(2)11-16(20-15)21-9-7-18(8-10-21,17(22)23)12-14-5-6-14/h11,14H,3-10,12H2,1-2H3,(H,22,23). The molecule has 1 aliphatic heterocycles. The molecule has 5 heteroatoms. The Balaban J connectivity index is 1.71. The van der Waals surface area contributed by atoms with Crippen molar-refractivity contribution in [1.29, 1.82) is 0 Å². The average Bonchev–Trinajstić information content (AvgIpc) is 3.31. The first-order valence-corrected chi connectivity index (χ1v) is 8.85. The summed E-state index contributed by atoms with van der Waals surface area (Å²) in [4.78, 5) is 23.2. The lowest BCUT2D eigenvalue weighted by Crippen LogP contribution is -2.45. The number of rotatable bonds is 6. The normalized spacial score (nSPS) is 20.5. The molecule has 2 fully saturated rings. The van der Waals surface area contributed by atoms with Crippen LogP contribution in [-0.2, 0) is 11.2 Å². The van der Waals surface area contributed by atoms with Crippen LogP contribution in [0.4, 0.5) is 5.82 Å². The van der Waals surface area contributed by atoms with E-state index in [0.717, 1.165) is 62.5 Å². The molecular formula is C18H27N3O2. The Bertz CT molecular complexity index is 576. The molecule has 126 valence electrons. The van der Waals surface area contributed by atoms with Crippen LogP contribution in [0.3, 0.4) is 0 Å². The van der Waals surface area contributed by atoms with E-state index in [-0.39, 0.29) is 0 Å². The molecule has 1 saturated heterocycles. The summed E-state index contributed by atoms with van der Waals surface area (Å²) in [6, 6.07) is 2.02. The number of aliphatic carboxylic acids is 1. The van der Waals surface area contributed by atoms with E-state index in [0.29, 0.717) is 5.92 Å². The van der Waals surface area contributed by atoms with Gasteiger partial charge in [0.05, 0.1) is 5.41 Å². The van der Waals surface area contributed by atoms with Gasteiger partial charge in [-0.1, -0.05) is 19.8 Å². The molecule has 2 aliphatic rings. The first-order valence-electron chi connectivity index (χ1n) is 8.85. The fourth-order valence-electron chi connectivity index (χ4n) is 3.65. The number of piperidine rings is 1. The van der Waals surface area contributed by atoms with Gasteiger partial charge in [0.1, 0.15) is 11.6 Å². The molecule has 1 saturated carbocycles. The van der Waals surface area contributed by atoms with Crippen LogP contribution in [0.1, 0.15) is 57.0 Å².